The number of nitrogens with zero attached hydrogens (tertiary/aromatic N) is 2. The number of hydrogen-bond acceptors (Lipinski definition) is 5. The van der Waals surface area contributed by atoms with Crippen LogP contribution >= 0.6 is 0 Å². The molecule has 3 rings (SSSR count). The minimum Gasteiger partial charge on any atom is -0.490 e. The van der Waals surface area contributed by atoms with Crippen molar-refractivity contribution in [2.75, 3.05) is 18.2 Å². The standard InChI is InChI=1S/C15H24N4O/c1-14(2)9-5-6-15(3,7-9)13(14)19-12-10(20-4)11(16)17-8-18-12/h8-9,13H,5-7H2,1-4H3,(H3,16,17,18,19). The summed E-state index contributed by atoms with van der Waals surface area (Å²) in [6.07, 6.45) is 5.40. The highest BCUT2D eigenvalue weighted by atomic mass is 16.5. The molecule has 2 saturated carbocycles. The Bertz CT molecular complexity index is 526. The number of aromatic nitrogens is 2. The van der Waals surface area contributed by atoms with E-state index in [1.807, 2.05) is 0 Å². The van der Waals surface area contributed by atoms with Crippen molar-refractivity contribution in [1.29, 1.82) is 0 Å². The largest absolute Gasteiger partial charge is 0.490 e. The number of nitrogens with one attached hydrogen (secondary N) is 1. The van der Waals surface area contributed by atoms with Crippen LogP contribution in [0.5, 0.6) is 5.75 Å². The van der Waals surface area contributed by atoms with Gasteiger partial charge in [0.2, 0.25) is 5.75 Å². The van der Waals surface area contributed by atoms with E-state index in [9.17, 15) is 0 Å². The first-order valence-corrected chi connectivity index (χ1v) is 7.29. The molecule has 0 aromatic carbocycles. The van der Waals surface area contributed by atoms with Gasteiger partial charge in [-0.2, -0.15) is 0 Å². The Morgan fingerprint density at radius 3 is 2.70 bits per heavy atom. The van der Waals surface area contributed by atoms with Crippen LogP contribution in [0.1, 0.15) is 40.0 Å². The molecule has 1 aromatic heterocycles. The van der Waals surface area contributed by atoms with E-state index in [0.29, 0.717) is 28.8 Å². The van der Waals surface area contributed by atoms with Crippen molar-refractivity contribution >= 4 is 11.6 Å². The number of rotatable bonds is 3. The summed E-state index contributed by atoms with van der Waals surface area (Å²) in [5, 5.41) is 3.61. The smallest absolute Gasteiger partial charge is 0.203 e. The molecule has 1 heterocycles. The highest BCUT2D eigenvalue weighted by Crippen LogP contribution is 2.63. The summed E-state index contributed by atoms with van der Waals surface area (Å²) in [6.45, 7) is 7.10. The van der Waals surface area contributed by atoms with Crippen LogP contribution in [0.3, 0.4) is 0 Å². The molecule has 0 saturated heterocycles. The summed E-state index contributed by atoms with van der Waals surface area (Å²) >= 11 is 0. The van der Waals surface area contributed by atoms with Gasteiger partial charge in [-0.25, -0.2) is 9.97 Å². The highest BCUT2D eigenvalue weighted by Gasteiger charge is 2.59. The van der Waals surface area contributed by atoms with Gasteiger partial charge in [-0.15, -0.1) is 0 Å². The molecule has 0 spiro atoms. The summed E-state index contributed by atoms with van der Waals surface area (Å²) in [4.78, 5) is 8.32. The Morgan fingerprint density at radius 1 is 1.35 bits per heavy atom. The lowest BCUT2D eigenvalue weighted by Crippen LogP contribution is -2.46. The van der Waals surface area contributed by atoms with Crippen LogP contribution in [0.2, 0.25) is 0 Å². The molecule has 0 aliphatic heterocycles. The molecule has 1 aromatic rings. The maximum atomic E-state index is 5.87. The molecule has 0 radical (unpaired) electrons. The lowest BCUT2D eigenvalue weighted by molar-refractivity contribution is 0.155. The van der Waals surface area contributed by atoms with Gasteiger partial charge in [-0.3, -0.25) is 0 Å². The molecule has 3 N–H and O–H groups in total. The number of nitrogen functional groups attached to an aromatic ring is 1. The molecule has 2 aliphatic carbocycles. The van der Waals surface area contributed by atoms with Crippen molar-refractivity contribution in [1.82, 2.24) is 9.97 Å². The van der Waals surface area contributed by atoms with Crippen molar-refractivity contribution in [3.63, 3.8) is 0 Å². The first kappa shape index (κ1) is 13.5. The van der Waals surface area contributed by atoms with Crippen LogP contribution in [-0.4, -0.2) is 23.1 Å². The zero-order valence-electron chi connectivity index (χ0n) is 12.7. The average Bonchev–Trinajstić information content (AvgIpc) is 2.86. The molecule has 3 atom stereocenters. The first-order chi connectivity index (χ1) is 9.38. The second-order valence-corrected chi connectivity index (χ2v) is 7.13. The van der Waals surface area contributed by atoms with Crippen molar-refractivity contribution in [3.8, 4) is 5.75 Å². The zero-order valence-corrected chi connectivity index (χ0v) is 12.7. The fourth-order valence-electron chi connectivity index (χ4n) is 4.49. The topological polar surface area (TPSA) is 73.1 Å². The van der Waals surface area contributed by atoms with E-state index in [-0.39, 0.29) is 5.41 Å². The van der Waals surface area contributed by atoms with E-state index in [2.05, 4.69) is 36.1 Å². The van der Waals surface area contributed by atoms with Crippen LogP contribution in [-0.2, 0) is 0 Å². The molecular formula is C15H24N4O. The number of methoxy groups -OCH3 is 1. The fraction of sp³-hybridized carbons (Fsp3) is 0.733. The molecular weight excluding hydrogens is 252 g/mol. The van der Waals surface area contributed by atoms with Crippen LogP contribution in [0.15, 0.2) is 6.33 Å². The van der Waals surface area contributed by atoms with Gasteiger partial charge in [0.1, 0.15) is 6.33 Å². The van der Waals surface area contributed by atoms with Gasteiger partial charge in [0, 0.05) is 6.04 Å². The van der Waals surface area contributed by atoms with Crippen LogP contribution < -0.4 is 15.8 Å². The van der Waals surface area contributed by atoms with E-state index in [1.54, 1.807) is 7.11 Å². The summed E-state index contributed by atoms with van der Waals surface area (Å²) in [5.74, 6) is 2.44. The Hall–Kier alpha value is -1.52. The Labute approximate surface area is 120 Å². The summed E-state index contributed by atoms with van der Waals surface area (Å²) in [7, 11) is 1.61. The molecule has 2 aliphatic rings. The quantitative estimate of drug-likeness (QED) is 0.888. The molecule has 110 valence electrons. The molecule has 0 amide bonds. The summed E-state index contributed by atoms with van der Waals surface area (Å²) < 4.78 is 5.36. The Balaban J connectivity index is 1.94. The lowest BCUT2D eigenvalue weighted by atomic mass is 9.68. The van der Waals surface area contributed by atoms with Crippen molar-refractivity contribution in [2.45, 2.75) is 46.1 Å². The normalized spacial score (nSPS) is 34.2. The van der Waals surface area contributed by atoms with Crippen molar-refractivity contribution < 1.29 is 4.74 Å². The van der Waals surface area contributed by atoms with E-state index in [1.165, 1.54) is 25.6 Å². The third kappa shape index (κ3) is 1.75. The van der Waals surface area contributed by atoms with Gasteiger partial charge in [-0.05, 0) is 36.0 Å². The van der Waals surface area contributed by atoms with Gasteiger partial charge in [-0.1, -0.05) is 20.8 Å². The maximum Gasteiger partial charge on any atom is 0.203 e. The second-order valence-electron chi connectivity index (χ2n) is 7.13. The maximum absolute atomic E-state index is 5.87. The van der Waals surface area contributed by atoms with Gasteiger partial charge >= 0.3 is 0 Å². The fourth-order valence-corrected chi connectivity index (χ4v) is 4.49. The van der Waals surface area contributed by atoms with E-state index in [4.69, 9.17) is 10.5 Å². The molecule has 5 heteroatoms. The monoisotopic (exact) mass is 276 g/mol. The van der Waals surface area contributed by atoms with E-state index >= 15 is 0 Å². The SMILES string of the molecule is COc1c(N)ncnc1NC1C2(C)CCC(C2)C1(C)C. The number of ether oxygens (including phenoxy) is 1. The average molecular weight is 276 g/mol. The third-order valence-electron chi connectivity index (χ3n) is 5.59. The molecule has 3 unspecified atom stereocenters. The van der Waals surface area contributed by atoms with Crippen LogP contribution in [0, 0.1) is 16.7 Å². The van der Waals surface area contributed by atoms with E-state index in [0.717, 1.165) is 5.92 Å². The Morgan fingerprint density at radius 2 is 2.10 bits per heavy atom. The van der Waals surface area contributed by atoms with Crippen molar-refractivity contribution in [3.05, 3.63) is 6.33 Å². The second kappa shape index (κ2) is 4.24. The van der Waals surface area contributed by atoms with Gasteiger partial charge in [0.05, 0.1) is 7.11 Å². The summed E-state index contributed by atoms with van der Waals surface area (Å²) in [6, 6.07) is 0.386. The Kier molecular flexibility index (Phi) is 2.85. The number of hydrogen-bond donors (Lipinski definition) is 2. The van der Waals surface area contributed by atoms with Gasteiger partial charge < -0.3 is 15.8 Å². The minimum atomic E-state index is 0.262. The van der Waals surface area contributed by atoms with Crippen LogP contribution in [0.25, 0.3) is 0 Å². The van der Waals surface area contributed by atoms with Gasteiger partial charge in [0.15, 0.2) is 11.6 Å². The zero-order chi connectivity index (χ0) is 14.5. The van der Waals surface area contributed by atoms with Gasteiger partial charge in [0.25, 0.3) is 0 Å². The predicted octanol–water partition coefficient (Wildman–Crippen LogP) is 2.69. The third-order valence-corrected chi connectivity index (χ3v) is 5.59. The number of nitrogens with two attached hydrogens (primary N) is 1. The molecule has 2 bridgehead atoms. The highest BCUT2D eigenvalue weighted by molar-refractivity contribution is 5.62. The lowest BCUT2D eigenvalue weighted by Gasteiger charge is -2.43. The first-order valence-electron chi connectivity index (χ1n) is 7.29. The molecule has 2 fully saturated rings. The molecule has 5 nitrogen and oxygen atoms in total. The predicted molar refractivity (Wildman–Crippen MR) is 79.6 cm³/mol. The molecule has 20 heavy (non-hydrogen) atoms. The van der Waals surface area contributed by atoms with E-state index < -0.39 is 0 Å². The number of fused-ring (bicyclic) bond motifs is 2. The van der Waals surface area contributed by atoms with Crippen LogP contribution in [0.4, 0.5) is 11.6 Å². The van der Waals surface area contributed by atoms with Crippen molar-refractivity contribution in [2.24, 2.45) is 16.7 Å². The number of anilines is 2. The minimum absolute atomic E-state index is 0.262. The summed E-state index contributed by atoms with van der Waals surface area (Å²) in [5.41, 5.74) is 6.46.